The van der Waals surface area contributed by atoms with E-state index in [0.717, 1.165) is 0 Å². The molecule has 0 aromatic carbocycles. The fourth-order valence-corrected chi connectivity index (χ4v) is 3.41. The minimum atomic E-state index is -1.43. The van der Waals surface area contributed by atoms with Crippen molar-refractivity contribution in [1.29, 1.82) is 0 Å². The van der Waals surface area contributed by atoms with Gasteiger partial charge in [-0.3, -0.25) is 19.2 Å². The van der Waals surface area contributed by atoms with Gasteiger partial charge in [-0.2, -0.15) is 0 Å². The first-order valence-corrected chi connectivity index (χ1v) is 5.87. The van der Waals surface area contributed by atoms with E-state index in [1.165, 1.54) is 12.2 Å². The molecule has 3 aliphatic rings. The summed E-state index contributed by atoms with van der Waals surface area (Å²) in [6.45, 7) is 0. The molecule has 4 N–H and O–H groups in total. The van der Waals surface area contributed by atoms with Gasteiger partial charge in [0.05, 0.1) is 23.7 Å². The molecule has 0 aromatic rings. The maximum absolute atomic E-state index is 11.3. The average molecular weight is 284 g/mol. The number of hydrogen-bond donors (Lipinski definition) is 4. The van der Waals surface area contributed by atoms with Gasteiger partial charge in [0.1, 0.15) is 0 Å². The Balaban J connectivity index is 2.56. The first kappa shape index (κ1) is 14.0. The lowest BCUT2D eigenvalue weighted by Gasteiger charge is -2.47. The molecule has 0 amide bonds. The zero-order chi connectivity index (χ0) is 15.2. The highest BCUT2D eigenvalue weighted by atomic mass is 16.4. The lowest BCUT2D eigenvalue weighted by molar-refractivity contribution is -0.178. The summed E-state index contributed by atoms with van der Waals surface area (Å²) in [6, 6.07) is 0. The van der Waals surface area contributed by atoms with Crippen molar-refractivity contribution in [3.63, 3.8) is 0 Å². The Hall–Kier alpha value is -2.38. The fourth-order valence-electron chi connectivity index (χ4n) is 3.41. The molecule has 3 aliphatic carbocycles. The van der Waals surface area contributed by atoms with Crippen LogP contribution in [-0.2, 0) is 19.2 Å². The number of aliphatic carboxylic acids is 4. The summed E-state index contributed by atoms with van der Waals surface area (Å²) in [5.74, 6) is -13.7. The predicted molar refractivity (Wildman–Crippen MR) is 60.6 cm³/mol. The minimum absolute atomic E-state index is 1.14. The number of carbonyl (C=O) groups is 4. The normalized spacial score (nSPS) is 38.4. The third-order valence-corrected chi connectivity index (χ3v) is 4.13. The van der Waals surface area contributed by atoms with Crippen LogP contribution in [0, 0.1) is 35.5 Å². The minimum Gasteiger partial charge on any atom is -0.481 e. The second-order valence-corrected chi connectivity index (χ2v) is 5.00. The third-order valence-electron chi connectivity index (χ3n) is 4.13. The second kappa shape index (κ2) is 4.62. The molecule has 20 heavy (non-hydrogen) atoms. The molecule has 0 aromatic heterocycles. The number of carboxylic acids is 4. The summed E-state index contributed by atoms with van der Waals surface area (Å²) < 4.78 is 0. The van der Waals surface area contributed by atoms with Crippen LogP contribution in [0.4, 0.5) is 0 Å². The van der Waals surface area contributed by atoms with Crippen molar-refractivity contribution in [3.05, 3.63) is 12.2 Å². The van der Waals surface area contributed by atoms with Crippen molar-refractivity contribution in [2.24, 2.45) is 35.5 Å². The maximum Gasteiger partial charge on any atom is 0.308 e. The van der Waals surface area contributed by atoms with Crippen molar-refractivity contribution < 1.29 is 39.6 Å². The van der Waals surface area contributed by atoms with E-state index in [9.17, 15) is 19.2 Å². The summed E-state index contributed by atoms with van der Waals surface area (Å²) in [5, 5.41) is 36.7. The van der Waals surface area contributed by atoms with Crippen LogP contribution in [0.1, 0.15) is 0 Å². The van der Waals surface area contributed by atoms with Crippen molar-refractivity contribution in [2.75, 3.05) is 0 Å². The molecule has 0 spiro atoms. The Morgan fingerprint density at radius 3 is 0.900 bits per heavy atom. The highest BCUT2D eigenvalue weighted by molar-refractivity contribution is 5.88. The van der Waals surface area contributed by atoms with E-state index in [1.54, 1.807) is 0 Å². The maximum atomic E-state index is 11.3. The van der Waals surface area contributed by atoms with Crippen LogP contribution in [0.5, 0.6) is 0 Å². The fraction of sp³-hybridized carbons (Fsp3) is 0.500. The zero-order valence-corrected chi connectivity index (χ0v) is 10.0. The Morgan fingerprint density at radius 1 is 0.550 bits per heavy atom. The van der Waals surface area contributed by atoms with E-state index in [1.807, 2.05) is 0 Å². The monoisotopic (exact) mass is 284 g/mol. The van der Waals surface area contributed by atoms with Gasteiger partial charge in [0, 0.05) is 11.8 Å². The second-order valence-electron chi connectivity index (χ2n) is 5.00. The van der Waals surface area contributed by atoms with Gasteiger partial charge in [-0.15, -0.1) is 0 Å². The molecule has 0 saturated heterocycles. The first-order valence-electron chi connectivity index (χ1n) is 5.87. The predicted octanol–water partition coefficient (Wildman–Crippen LogP) is -0.395. The molecule has 3 rings (SSSR count). The van der Waals surface area contributed by atoms with Gasteiger partial charge in [0.2, 0.25) is 0 Å². The number of fused-ring (bicyclic) bond motifs is 2. The lowest BCUT2D eigenvalue weighted by Crippen LogP contribution is -2.57. The van der Waals surface area contributed by atoms with Crippen molar-refractivity contribution >= 4 is 23.9 Å². The molecule has 2 bridgehead atoms. The molecule has 1 fully saturated rings. The number of carboxylic acid groups (broad SMARTS) is 4. The van der Waals surface area contributed by atoms with Crippen LogP contribution in [-0.4, -0.2) is 44.3 Å². The number of allylic oxidation sites excluding steroid dienone is 2. The summed E-state index contributed by atoms with van der Waals surface area (Å²) in [4.78, 5) is 45.1. The Morgan fingerprint density at radius 2 is 0.750 bits per heavy atom. The molecule has 0 radical (unpaired) electrons. The van der Waals surface area contributed by atoms with Gasteiger partial charge in [-0.05, 0) is 0 Å². The van der Waals surface area contributed by atoms with Crippen LogP contribution in [0.15, 0.2) is 12.2 Å². The Bertz CT molecular complexity index is 436. The summed E-state index contributed by atoms with van der Waals surface area (Å²) in [6.07, 6.45) is 2.64. The summed E-state index contributed by atoms with van der Waals surface area (Å²) in [5.41, 5.74) is 0. The Labute approximate surface area is 112 Å². The van der Waals surface area contributed by atoms with Crippen LogP contribution in [0.3, 0.4) is 0 Å². The number of rotatable bonds is 4. The number of hydrogen-bond acceptors (Lipinski definition) is 4. The van der Waals surface area contributed by atoms with E-state index in [4.69, 9.17) is 20.4 Å². The summed E-state index contributed by atoms with van der Waals surface area (Å²) in [7, 11) is 0. The zero-order valence-electron chi connectivity index (χ0n) is 10.0. The molecule has 8 heteroatoms. The van der Waals surface area contributed by atoms with Gasteiger partial charge >= 0.3 is 23.9 Å². The lowest BCUT2D eigenvalue weighted by atomic mass is 9.53. The van der Waals surface area contributed by atoms with Crippen molar-refractivity contribution in [3.8, 4) is 0 Å². The van der Waals surface area contributed by atoms with Gasteiger partial charge in [0.15, 0.2) is 0 Å². The van der Waals surface area contributed by atoms with Crippen LogP contribution in [0.2, 0.25) is 0 Å². The van der Waals surface area contributed by atoms with Crippen LogP contribution < -0.4 is 0 Å². The highest BCUT2D eigenvalue weighted by Gasteiger charge is 2.61. The average Bonchev–Trinajstić information content (AvgIpc) is 2.36. The van der Waals surface area contributed by atoms with Gasteiger partial charge in [-0.25, -0.2) is 0 Å². The molecule has 8 nitrogen and oxygen atoms in total. The molecule has 2 unspecified atom stereocenters. The van der Waals surface area contributed by atoms with Gasteiger partial charge < -0.3 is 20.4 Å². The molecule has 108 valence electrons. The highest BCUT2D eigenvalue weighted by Crippen LogP contribution is 2.51. The smallest absolute Gasteiger partial charge is 0.308 e. The topological polar surface area (TPSA) is 149 Å². The van der Waals surface area contributed by atoms with Gasteiger partial charge in [-0.1, -0.05) is 12.2 Å². The van der Waals surface area contributed by atoms with Crippen molar-refractivity contribution in [2.45, 2.75) is 0 Å². The summed E-state index contributed by atoms with van der Waals surface area (Å²) >= 11 is 0. The van der Waals surface area contributed by atoms with E-state index in [0.29, 0.717) is 0 Å². The Kier molecular flexibility index (Phi) is 3.24. The van der Waals surface area contributed by atoms with Gasteiger partial charge in [0.25, 0.3) is 0 Å². The molecule has 0 heterocycles. The van der Waals surface area contributed by atoms with Crippen LogP contribution >= 0.6 is 0 Å². The molecular formula is C12H12O8. The van der Waals surface area contributed by atoms with E-state index in [2.05, 4.69) is 0 Å². The molecular weight excluding hydrogens is 272 g/mol. The van der Waals surface area contributed by atoms with E-state index >= 15 is 0 Å². The molecule has 0 aliphatic heterocycles. The quantitative estimate of drug-likeness (QED) is 0.509. The third kappa shape index (κ3) is 1.84. The van der Waals surface area contributed by atoms with E-state index < -0.39 is 59.4 Å². The van der Waals surface area contributed by atoms with Crippen molar-refractivity contribution in [1.82, 2.24) is 0 Å². The standard InChI is InChI=1S/C12H12O8/c13-9(14)5-3-1-2-4(7(5)11(17)18)8(12(19)20)6(3)10(15)16/h1-8H,(H,13,14)(H,15,16)(H,17,18)(H,19,20)/t3?,4?,5-,6-,7-,8+/m0/s1. The molecule has 1 saturated carbocycles. The molecule has 6 atom stereocenters. The largest absolute Gasteiger partial charge is 0.481 e. The van der Waals surface area contributed by atoms with E-state index in [-0.39, 0.29) is 0 Å². The SMILES string of the molecule is O=C(O)[C@@H]1C2C=CC([C@@H]1C(=O)O)[C@H](C(=O)O)[C@H]2C(=O)O. The van der Waals surface area contributed by atoms with Crippen LogP contribution in [0.25, 0.3) is 0 Å². The first-order chi connectivity index (χ1) is 9.27.